The summed E-state index contributed by atoms with van der Waals surface area (Å²) in [4.78, 5) is 15.6. The van der Waals surface area contributed by atoms with E-state index in [-0.39, 0.29) is 17.5 Å². The van der Waals surface area contributed by atoms with E-state index in [1.165, 1.54) is 0 Å². The van der Waals surface area contributed by atoms with Crippen LogP contribution in [0.3, 0.4) is 0 Å². The smallest absolute Gasteiger partial charge is 0.341 e. The van der Waals surface area contributed by atoms with Gasteiger partial charge < -0.3 is 9.84 Å². The van der Waals surface area contributed by atoms with Gasteiger partial charge in [-0.15, -0.1) is 0 Å². The van der Waals surface area contributed by atoms with Gasteiger partial charge >= 0.3 is 5.97 Å². The number of rotatable bonds is 4. The Bertz CT molecular complexity index is 468. The summed E-state index contributed by atoms with van der Waals surface area (Å²) in [5.74, 6) is -0.380. The number of hydrogen-bond donors (Lipinski definition) is 1. The fourth-order valence-corrected chi connectivity index (χ4v) is 2.01. The fraction of sp³-hybridized carbons (Fsp3) is 0.571. The Labute approximate surface area is 107 Å². The van der Waals surface area contributed by atoms with Crippen molar-refractivity contribution in [2.24, 2.45) is 5.92 Å². The third-order valence-corrected chi connectivity index (χ3v) is 3.48. The molecular weight excluding hydrogens is 230 g/mol. The molecule has 0 amide bonds. The van der Waals surface area contributed by atoms with Crippen LogP contribution in [0.15, 0.2) is 6.07 Å². The Morgan fingerprint density at radius 3 is 2.72 bits per heavy atom. The molecule has 0 bridgehead atoms. The van der Waals surface area contributed by atoms with Gasteiger partial charge in [0, 0.05) is 5.69 Å². The van der Waals surface area contributed by atoms with E-state index in [2.05, 4.69) is 4.98 Å². The Balaban J connectivity index is 2.35. The minimum Gasteiger partial charge on any atom is -0.477 e. The molecule has 1 aliphatic rings. The van der Waals surface area contributed by atoms with Crippen LogP contribution in [0.4, 0.5) is 0 Å². The molecule has 1 aromatic heterocycles. The van der Waals surface area contributed by atoms with Crippen molar-refractivity contribution in [1.82, 2.24) is 4.98 Å². The molecule has 4 nitrogen and oxygen atoms in total. The van der Waals surface area contributed by atoms with Gasteiger partial charge in [-0.25, -0.2) is 9.78 Å². The standard InChI is InChI=1S/C14H19NO3/c1-8(2)9(3)18-13-11(14(16)17)7-10-5-4-6-12(10)15-13/h7-9H,4-6H2,1-3H3,(H,16,17). The van der Waals surface area contributed by atoms with Crippen LogP contribution in [-0.2, 0) is 12.8 Å². The molecule has 2 rings (SSSR count). The van der Waals surface area contributed by atoms with Crippen LogP contribution in [-0.4, -0.2) is 22.2 Å². The zero-order chi connectivity index (χ0) is 13.3. The molecule has 0 spiro atoms. The van der Waals surface area contributed by atoms with E-state index in [4.69, 9.17) is 4.74 Å². The number of ether oxygens (including phenoxy) is 1. The zero-order valence-corrected chi connectivity index (χ0v) is 11.1. The normalized spacial score (nSPS) is 15.6. The van der Waals surface area contributed by atoms with Gasteiger partial charge in [-0.3, -0.25) is 0 Å². The van der Waals surface area contributed by atoms with Crippen molar-refractivity contribution in [3.05, 3.63) is 22.9 Å². The fourth-order valence-electron chi connectivity index (χ4n) is 2.01. The van der Waals surface area contributed by atoms with E-state index in [0.717, 1.165) is 30.5 Å². The highest BCUT2D eigenvalue weighted by Crippen LogP contribution is 2.27. The maximum atomic E-state index is 11.3. The summed E-state index contributed by atoms with van der Waals surface area (Å²) in [5.41, 5.74) is 2.23. The molecule has 1 heterocycles. The number of hydrogen-bond acceptors (Lipinski definition) is 3. The Morgan fingerprint density at radius 2 is 2.11 bits per heavy atom. The highest BCUT2D eigenvalue weighted by Gasteiger charge is 2.22. The molecule has 1 aromatic rings. The van der Waals surface area contributed by atoms with Crippen molar-refractivity contribution in [3.8, 4) is 5.88 Å². The average molecular weight is 249 g/mol. The van der Waals surface area contributed by atoms with Crippen molar-refractivity contribution in [2.75, 3.05) is 0 Å². The van der Waals surface area contributed by atoms with Crippen LogP contribution < -0.4 is 4.74 Å². The summed E-state index contributed by atoms with van der Waals surface area (Å²) in [7, 11) is 0. The van der Waals surface area contributed by atoms with Crippen molar-refractivity contribution < 1.29 is 14.6 Å². The first-order valence-corrected chi connectivity index (χ1v) is 6.41. The SMILES string of the molecule is CC(C)C(C)Oc1nc2c(cc1C(=O)O)CCC2. The summed E-state index contributed by atoms with van der Waals surface area (Å²) in [6.45, 7) is 6.02. The number of fused-ring (bicyclic) bond motifs is 1. The van der Waals surface area contributed by atoms with E-state index in [1.54, 1.807) is 6.07 Å². The van der Waals surface area contributed by atoms with Crippen molar-refractivity contribution in [3.63, 3.8) is 0 Å². The molecule has 1 atom stereocenters. The van der Waals surface area contributed by atoms with Gasteiger partial charge in [0.25, 0.3) is 0 Å². The molecule has 4 heteroatoms. The van der Waals surface area contributed by atoms with Crippen LogP contribution in [0.1, 0.15) is 48.8 Å². The molecule has 1 aliphatic carbocycles. The third-order valence-electron chi connectivity index (χ3n) is 3.48. The minimum atomic E-state index is -0.969. The molecule has 0 aliphatic heterocycles. The van der Waals surface area contributed by atoms with Crippen LogP contribution >= 0.6 is 0 Å². The number of pyridine rings is 1. The zero-order valence-electron chi connectivity index (χ0n) is 11.1. The average Bonchev–Trinajstić information content (AvgIpc) is 2.74. The molecule has 0 saturated heterocycles. The van der Waals surface area contributed by atoms with Gasteiger partial charge in [0.05, 0.1) is 6.10 Å². The number of nitrogens with zero attached hydrogens (tertiary/aromatic N) is 1. The predicted octanol–water partition coefficient (Wildman–Crippen LogP) is 2.69. The third kappa shape index (κ3) is 2.47. The number of carbonyl (C=O) groups is 1. The molecule has 0 fully saturated rings. The Kier molecular flexibility index (Phi) is 3.55. The molecule has 0 radical (unpaired) electrons. The number of aromatic nitrogens is 1. The van der Waals surface area contributed by atoms with E-state index in [9.17, 15) is 9.90 Å². The highest BCUT2D eigenvalue weighted by molar-refractivity contribution is 5.90. The predicted molar refractivity (Wildman–Crippen MR) is 68.1 cm³/mol. The number of carboxylic acids is 1. The second-order valence-corrected chi connectivity index (χ2v) is 5.17. The lowest BCUT2D eigenvalue weighted by Gasteiger charge is -2.19. The van der Waals surface area contributed by atoms with Crippen LogP contribution in [0, 0.1) is 5.92 Å². The van der Waals surface area contributed by atoms with Gasteiger partial charge in [0.2, 0.25) is 5.88 Å². The second-order valence-electron chi connectivity index (χ2n) is 5.17. The molecule has 98 valence electrons. The summed E-state index contributed by atoms with van der Waals surface area (Å²) in [6, 6.07) is 1.72. The number of aromatic carboxylic acids is 1. The molecule has 0 saturated carbocycles. The Hall–Kier alpha value is -1.58. The van der Waals surface area contributed by atoms with E-state index in [1.807, 2.05) is 20.8 Å². The van der Waals surface area contributed by atoms with Crippen LogP contribution in [0.2, 0.25) is 0 Å². The van der Waals surface area contributed by atoms with Crippen LogP contribution in [0.25, 0.3) is 0 Å². The largest absolute Gasteiger partial charge is 0.477 e. The summed E-state index contributed by atoms with van der Waals surface area (Å²) in [6.07, 6.45) is 2.84. The van der Waals surface area contributed by atoms with Crippen molar-refractivity contribution in [2.45, 2.75) is 46.1 Å². The summed E-state index contributed by atoms with van der Waals surface area (Å²) < 4.78 is 5.70. The lowest BCUT2D eigenvalue weighted by molar-refractivity contribution is 0.0684. The van der Waals surface area contributed by atoms with Crippen LogP contribution in [0.5, 0.6) is 5.88 Å². The van der Waals surface area contributed by atoms with E-state index < -0.39 is 5.97 Å². The molecular formula is C14H19NO3. The maximum absolute atomic E-state index is 11.3. The molecule has 18 heavy (non-hydrogen) atoms. The van der Waals surface area contributed by atoms with Crippen molar-refractivity contribution >= 4 is 5.97 Å². The maximum Gasteiger partial charge on any atom is 0.341 e. The van der Waals surface area contributed by atoms with Gasteiger partial charge in [0.15, 0.2) is 0 Å². The first-order chi connectivity index (χ1) is 8.49. The summed E-state index contributed by atoms with van der Waals surface area (Å²) in [5, 5.41) is 9.23. The van der Waals surface area contributed by atoms with Gasteiger partial charge in [0.1, 0.15) is 5.56 Å². The topological polar surface area (TPSA) is 59.4 Å². The monoisotopic (exact) mass is 249 g/mol. The summed E-state index contributed by atoms with van der Waals surface area (Å²) >= 11 is 0. The lowest BCUT2D eigenvalue weighted by Crippen LogP contribution is -2.21. The van der Waals surface area contributed by atoms with Gasteiger partial charge in [-0.05, 0) is 43.7 Å². The van der Waals surface area contributed by atoms with E-state index >= 15 is 0 Å². The lowest BCUT2D eigenvalue weighted by atomic mass is 10.1. The number of aryl methyl sites for hydroxylation is 2. The molecule has 1 N–H and O–H groups in total. The highest BCUT2D eigenvalue weighted by atomic mass is 16.5. The van der Waals surface area contributed by atoms with Gasteiger partial charge in [-0.2, -0.15) is 0 Å². The van der Waals surface area contributed by atoms with Gasteiger partial charge in [-0.1, -0.05) is 13.8 Å². The first kappa shape index (κ1) is 12.9. The van der Waals surface area contributed by atoms with E-state index in [0.29, 0.717) is 5.92 Å². The molecule has 0 aromatic carbocycles. The molecule has 1 unspecified atom stereocenters. The number of carboxylic acid groups (broad SMARTS) is 1. The second kappa shape index (κ2) is 4.96. The minimum absolute atomic E-state index is 0.0462. The van der Waals surface area contributed by atoms with Crippen molar-refractivity contribution in [1.29, 1.82) is 0 Å². The first-order valence-electron chi connectivity index (χ1n) is 6.41. The quantitative estimate of drug-likeness (QED) is 0.891. The Morgan fingerprint density at radius 1 is 1.39 bits per heavy atom.